The molecule has 2 atom stereocenters. The second-order valence-electron chi connectivity index (χ2n) is 8.26. The van der Waals surface area contributed by atoms with Gasteiger partial charge in [0.25, 0.3) is 0 Å². The van der Waals surface area contributed by atoms with Gasteiger partial charge in [-0.2, -0.15) is 0 Å². The van der Waals surface area contributed by atoms with Crippen molar-refractivity contribution >= 4 is 18.0 Å². The van der Waals surface area contributed by atoms with E-state index in [1.165, 1.54) is 30.0 Å². The smallest absolute Gasteiger partial charge is 0.407 e. The topological polar surface area (TPSA) is 95.9 Å². The van der Waals surface area contributed by atoms with Crippen molar-refractivity contribution in [3.8, 4) is 11.1 Å². The van der Waals surface area contributed by atoms with Gasteiger partial charge in [-0.3, -0.25) is 4.79 Å². The predicted octanol–water partition coefficient (Wildman–Crippen LogP) is 3.87. The number of likely N-dealkylation sites (N-methyl/N-ethyl adjacent to an activating group) is 1. The zero-order chi connectivity index (χ0) is 23.3. The fourth-order valence-corrected chi connectivity index (χ4v) is 4.08. The highest BCUT2D eigenvalue weighted by atomic mass is 16.5. The number of carboxylic acids is 1. The highest BCUT2D eigenvalue weighted by molar-refractivity contribution is 5.84. The average molecular weight is 439 g/mol. The molecule has 7 heteroatoms. The Balaban J connectivity index is 1.44. The number of aliphatic carboxylic acids is 1. The second kappa shape index (κ2) is 10.3. The Hall–Kier alpha value is -3.35. The molecule has 0 aromatic heterocycles. The molecular formula is C25H30N2O5. The number of rotatable bonds is 9. The van der Waals surface area contributed by atoms with Crippen molar-refractivity contribution in [2.75, 3.05) is 20.2 Å². The van der Waals surface area contributed by atoms with Crippen LogP contribution in [-0.2, 0) is 14.3 Å². The lowest BCUT2D eigenvalue weighted by Crippen LogP contribution is -2.42. The molecule has 1 aliphatic carbocycles. The predicted molar refractivity (Wildman–Crippen MR) is 121 cm³/mol. The molecule has 7 nitrogen and oxygen atoms in total. The van der Waals surface area contributed by atoms with Gasteiger partial charge in [0.15, 0.2) is 0 Å². The van der Waals surface area contributed by atoms with Gasteiger partial charge >= 0.3 is 12.1 Å². The highest BCUT2D eigenvalue weighted by Gasteiger charge is 2.29. The molecule has 2 unspecified atom stereocenters. The maximum Gasteiger partial charge on any atom is 0.407 e. The third-order valence-electron chi connectivity index (χ3n) is 6.13. The van der Waals surface area contributed by atoms with E-state index in [-0.39, 0.29) is 24.3 Å². The summed E-state index contributed by atoms with van der Waals surface area (Å²) in [6.45, 7) is 3.88. The maximum atomic E-state index is 12.3. The molecule has 0 radical (unpaired) electrons. The first-order valence-corrected chi connectivity index (χ1v) is 10.9. The maximum absolute atomic E-state index is 12.3. The molecule has 2 aromatic carbocycles. The molecular weight excluding hydrogens is 408 g/mol. The summed E-state index contributed by atoms with van der Waals surface area (Å²) in [5, 5.41) is 11.8. The number of amides is 2. The Kier molecular flexibility index (Phi) is 7.51. The lowest BCUT2D eigenvalue weighted by molar-refractivity contribution is -0.149. The van der Waals surface area contributed by atoms with Gasteiger partial charge in [-0.1, -0.05) is 55.5 Å². The zero-order valence-corrected chi connectivity index (χ0v) is 18.7. The average Bonchev–Trinajstić information content (AvgIpc) is 3.12. The lowest BCUT2D eigenvalue weighted by atomic mass is 9.98. The largest absolute Gasteiger partial charge is 0.480 e. The molecule has 0 spiro atoms. The number of carboxylic acid groups (broad SMARTS) is 1. The summed E-state index contributed by atoms with van der Waals surface area (Å²) < 4.78 is 5.50. The van der Waals surface area contributed by atoms with Crippen LogP contribution < -0.4 is 5.32 Å². The van der Waals surface area contributed by atoms with E-state index >= 15 is 0 Å². The number of nitrogens with one attached hydrogen (secondary N) is 1. The van der Waals surface area contributed by atoms with Crippen LogP contribution in [0.4, 0.5) is 4.79 Å². The molecule has 170 valence electrons. The molecule has 0 bridgehead atoms. The number of carbonyl (C=O) groups excluding carboxylic acids is 2. The van der Waals surface area contributed by atoms with Crippen LogP contribution in [-0.4, -0.2) is 54.2 Å². The summed E-state index contributed by atoms with van der Waals surface area (Å²) in [4.78, 5) is 36.8. The van der Waals surface area contributed by atoms with Crippen LogP contribution in [0.2, 0.25) is 0 Å². The van der Waals surface area contributed by atoms with E-state index in [0.717, 1.165) is 11.1 Å². The standard InChI is InChI=1S/C25H30N2O5/c1-16(23(28)27(3)17(2)24(29)30)9-8-14-26-25(31)32-15-22-20-12-6-4-10-18(20)19-11-5-7-13-21(19)22/h4-7,10-13,16-17,22H,8-9,14-15H2,1-3H3,(H,26,31)(H,29,30). The first-order valence-electron chi connectivity index (χ1n) is 10.9. The van der Waals surface area contributed by atoms with Crippen molar-refractivity contribution in [1.29, 1.82) is 0 Å². The number of hydrogen-bond donors (Lipinski definition) is 2. The number of carbonyl (C=O) groups is 3. The first kappa shape index (κ1) is 23.3. The molecule has 0 saturated heterocycles. The Labute approximate surface area is 188 Å². The van der Waals surface area contributed by atoms with E-state index in [2.05, 4.69) is 29.6 Å². The molecule has 2 aromatic rings. The van der Waals surface area contributed by atoms with Crippen LogP contribution >= 0.6 is 0 Å². The van der Waals surface area contributed by atoms with Crippen molar-refractivity contribution < 1.29 is 24.2 Å². The van der Waals surface area contributed by atoms with Gasteiger partial charge in [0, 0.05) is 25.4 Å². The highest BCUT2D eigenvalue weighted by Crippen LogP contribution is 2.44. The molecule has 0 saturated carbocycles. The number of nitrogens with zero attached hydrogens (tertiary/aromatic N) is 1. The Morgan fingerprint density at radius 2 is 1.59 bits per heavy atom. The SMILES string of the molecule is CC(CCCNC(=O)OCC1c2ccccc2-c2ccccc21)C(=O)N(C)C(C)C(=O)O. The quantitative estimate of drug-likeness (QED) is 0.580. The van der Waals surface area contributed by atoms with Crippen LogP contribution in [0.15, 0.2) is 48.5 Å². The second-order valence-corrected chi connectivity index (χ2v) is 8.26. The van der Waals surface area contributed by atoms with Crippen LogP contribution in [0, 0.1) is 5.92 Å². The van der Waals surface area contributed by atoms with E-state index in [1.54, 1.807) is 6.92 Å². The Bertz CT molecular complexity index is 944. The van der Waals surface area contributed by atoms with Crippen molar-refractivity contribution in [3.05, 3.63) is 59.7 Å². The van der Waals surface area contributed by atoms with E-state index in [4.69, 9.17) is 9.84 Å². The van der Waals surface area contributed by atoms with Gasteiger partial charge in [0.1, 0.15) is 12.6 Å². The number of benzene rings is 2. The van der Waals surface area contributed by atoms with Gasteiger partial charge < -0.3 is 20.1 Å². The molecule has 3 rings (SSSR count). The van der Waals surface area contributed by atoms with Crippen LogP contribution in [0.5, 0.6) is 0 Å². The normalized spacial score (nSPS) is 14.1. The van der Waals surface area contributed by atoms with Gasteiger partial charge in [-0.05, 0) is 42.0 Å². The summed E-state index contributed by atoms with van der Waals surface area (Å²) in [6.07, 6.45) is 0.647. The molecule has 0 heterocycles. The van der Waals surface area contributed by atoms with E-state index < -0.39 is 18.1 Å². The summed E-state index contributed by atoms with van der Waals surface area (Å²) in [6, 6.07) is 15.5. The van der Waals surface area contributed by atoms with Crippen molar-refractivity contribution in [1.82, 2.24) is 10.2 Å². The van der Waals surface area contributed by atoms with Crippen molar-refractivity contribution in [3.63, 3.8) is 0 Å². The number of fused-ring (bicyclic) bond motifs is 3. The molecule has 0 aliphatic heterocycles. The summed E-state index contributed by atoms with van der Waals surface area (Å²) in [7, 11) is 1.49. The molecule has 2 amide bonds. The van der Waals surface area contributed by atoms with Gasteiger partial charge in [0.05, 0.1) is 0 Å². The monoisotopic (exact) mass is 438 g/mol. The molecule has 2 N–H and O–H groups in total. The summed E-state index contributed by atoms with van der Waals surface area (Å²) in [5.41, 5.74) is 4.68. The zero-order valence-electron chi connectivity index (χ0n) is 18.7. The van der Waals surface area contributed by atoms with E-state index in [0.29, 0.717) is 19.4 Å². The van der Waals surface area contributed by atoms with Crippen molar-refractivity contribution in [2.45, 2.75) is 38.6 Å². The van der Waals surface area contributed by atoms with Gasteiger partial charge in [-0.25, -0.2) is 9.59 Å². The Morgan fingerprint density at radius 3 is 2.16 bits per heavy atom. The number of alkyl carbamates (subject to hydrolysis) is 1. The fourth-order valence-electron chi connectivity index (χ4n) is 4.08. The first-order chi connectivity index (χ1) is 15.3. The van der Waals surface area contributed by atoms with Gasteiger partial charge in [-0.15, -0.1) is 0 Å². The molecule has 0 fully saturated rings. The summed E-state index contributed by atoms with van der Waals surface area (Å²) in [5.74, 6) is -1.57. The minimum Gasteiger partial charge on any atom is -0.480 e. The minimum atomic E-state index is -1.04. The number of hydrogen-bond acceptors (Lipinski definition) is 4. The van der Waals surface area contributed by atoms with E-state index in [1.807, 2.05) is 24.3 Å². The van der Waals surface area contributed by atoms with Gasteiger partial charge in [0.2, 0.25) is 5.91 Å². The third kappa shape index (κ3) is 5.10. The molecule has 1 aliphatic rings. The fraction of sp³-hybridized carbons (Fsp3) is 0.400. The summed E-state index contributed by atoms with van der Waals surface area (Å²) >= 11 is 0. The van der Waals surface area contributed by atoms with Crippen LogP contribution in [0.3, 0.4) is 0 Å². The minimum absolute atomic E-state index is 0.0116. The Morgan fingerprint density at radius 1 is 1.03 bits per heavy atom. The van der Waals surface area contributed by atoms with Crippen molar-refractivity contribution in [2.24, 2.45) is 5.92 Å². The number of ether oxygens (including phenoxy) is 1. The van der Waals surface area contributed by atoms with E-state index in [9.17, 15) is 14.4 Å². The van der Waals surface area contributed by atoms with Crippen LogP contribution in [0.1, 0.15) is 43.7 Å². The lowest BCUT2D eigenvalue weighted by Gasteiger charge is -2.24. The van der Waals surface area contributed by atoms with Crippen LogP contribution in [0.25, 0.3) is 11.1 Å². The molecule has 32 heavy (non-hydrogen) atoms. The third-order valence-corrected chi connectivity index (χ3v) is 6.13.